The molecule has 0 aliphatic rings. The van der Waals surface area contributed by atoms with Gasteiger partial charge in [-0.2, -0.15) is 0 Å². The van der Waals surface area contributed by atoms with Gasteiger partial charge in [0.1, 0.15) is 0 Å². The molecule has 0 spiro atoms. The first-order chi connectivity index (χ1) is 9.22. The molecule has 0 aliphatic heterocycles. The van der Waals surface area contributed by atoms with E-state index >= 15 is 0 Å². The number of hydrogen-bond acceptors (Lipinski definition) is 5. The molecule has 2 aromatic rings. The number of carbonyl (C=O) groups excluding carboxylic acids is 2. The third-order valence-corrected chi connectivity index (χ3v) is 3.57. The molecule has 19 heavy (non-hydrogen) atoms. The summed E-state index contributed by atoms with van der Waals surface area (Å²) in [5, 5.41) is 6.39. The standard InChI is InChI=1S/C12H11N3O3Se/c1-2-18-12(17)9-11(19-15-14-9)13-10(16)8-6-4-3-5-7-8/h3-7H,2H2,1H3,(H,13,16). The van der Waals surface area contributed by atoms with Crippen molar-refractivity contribution in [2.24, 2.45) is 0 Å². The average Bonchev–Trinajstić information content (AvgIpc) is 2.88. The molecule has 0 fully saturated rings. The van der Waals surface area contributed by atoms with Crippen molar-refractivity contribution >= 4 is 31.2 Å². The molecular weight excluding hydrogens is 313 g/mol. The van der Waals surface area contributed by atoms with Gasteiger partial charge in [0.2, 0.25) is 0 Å². The van der Waals surface area contributed by atoms with Gasteiger partial charge in [0.05, 0.1) is 0 Å². The topological polar surface area (TPSA) is 81.2 Å². The molecule has 0 bridgehead atoms. The Kier molecular flexibility index (Phi) is 4.43. The molecule has 2 rings (SSSR count). The number of hydrogen-bond donors (Lipinski definition) is 1. The summed E-state index contributed by atoms with van der Waals surface area (Å²) in [6.45, 7) is 1.96. The normalized spacial score (nSPS) is 9.95. The van der Waals surface area contributed by atoms with Gasteiger partial charge in [-0.3, -0.25) is 0 Å². The number of carbonyl (C=O) groups is 2. The fraction of sp³-hybridized carbons (Fsp3) is 0.167. The zero-order valence-electron chi connectivity index (χ0n) is 10.1. The fourth-order valence-corrected chi connectivity index (χ4v) is 2.53. The number of rotatable bonds is 4. The van der Waals surface area contributed by atoms with E-state index in [0.29, 0.717) is 10.1 Å². The van der Waals surface area contributed by atoms with E-state index in [-0.39, 0.29) is 18.2 Å². The fourth-order valence-electron chi connectivity index (χ4n) is 1.37. The zero-order valence-corrected chi connectivity index (χ0v) is 11.8. The summed E-state index contributed by atoms with van der Waals surface area (Å²) in [7, 11) is 0. The number of amides is 1. The Labute approximate surface area is 115 Å². The molecule has 0 atom stereocenters. The third kappa shape index (κ3) is 3.27. The van der Waals surface area contributed by atoms with E-state index < -0.39 is 20.7 Å². The predicted octanol–water partition coefficient (Wildman–Crippen LogP) is 0.963. The van der Waals surface area contributed by atoms with Gasteiger partial charge in [-0.15, -0.1) is 0 Å². The molecule has 1 heterocycles. The van der Waals surface area contributed by atoms with Crippen molar-refractivity contribution in [1.82, 2.24) is 9.19 Å². The first kappa shape index (κ1) is 13.5. The van der Waals surface area contributed by atoms with Crippen LogP contribution in [-0.4, -0.2) is 42.4 Å². The van der Waals surface area contributed by atoms with Crippen LogP contribution in [0.3, 0.4) is 0 Å². The van der Waals surface area contributed by atoms with Crippen LogP contribution in [-0.2, 0) is 4.74 Å². The van der Waals surface area contributed by atoms with Crippen molar-refractivity contribution in [3.05, 3.63) is 41.6 Å². The quantitative estimate of drug-likeness (QED) is 0.669. The van der Waals surface area contributed by atoms with Crippen molar-refractivity contribution < 1.29 is 14.3 Å². The number of nitrogens with zero attached hydrogens (tertiary/aromatic N) is 2. The van der Waals surface area contributed by atoms with E-state index in [2.05, 4.69) is 14.5 Å². The monoisotopic (exact) mass is 325 g/mol. The van der Waals surface area contributed by atoms with Gasteiger partial charge in [-0.25, -0.2) is 0 Å². The Bertz CT molecular complexity index is 583. The molecule has 6 nitrogen and oxygen atoms in total. The second-order valence-electron chi connectivity index (χ2n) is 3.49. The van der Waals surface area contributed by atoms with Crippen LogP contribution < -0.4 is 5.32 Å². The Balaban J connectivity index is 2.14. The van der Waals surface area contributed by atoms with Crippen molar-refractivity contribution in [2.75, 3.05) is 11.9 Å². The van der Waals surface area contributed by atoms with Crippen LogP contribution in [0.2, 0.25) is 0 Å². The molecule has 0 aliphatic carbocycles. The van der Waals surface area contributed by atoms with Gasteiger partial charge in [0.25, 0.3) is 0 Å². The maximum absolute atomic E-state index is 12.0. The van der Waals surface area contributed by atoms with Gasteiger partial charge in [-0.05, 0) is 0 Å². The zero-order chi connectivity index (χ0) is 13.7. The SMILES string of the molecule is CCOC(=O)c1nn[se]c1NC(=O)c1ccccc1. The minimum absolute atomic E-state index is 0.0890. The van der Waals surface area contributed by atoms with Gasteiger partial charge in [0.15, 0.2) is 0 Å². The van der Waals surface area contributed by atoms with Crippen LogP contribution in [0.5, 0.6) is 0 Å². The van der Waals surface area contributed by atoms with E-state index in [1.165, 1.54) is 0 Å². The van der Waals surface area contributed by atoms with E-state index in [4.69, 9.17) is 4.74 Å². The summed E-state index contributed by atoms with van der Waals surface area (Å²) < 4.78 is 9.08. The molecule has 1 aromatic carbocycles. The molecule has 1 amide bonds. The number of benzene rings is 1. The molecule has 1 aromatic heterocycles. The summed E-state index contributed by atoms with van der Waals surface area (Å²) in [5.74, 6) is -0.847. The number of aromatic nitrogens is 2. The minimum atomic E-state index is -0.561. The second kappa shape index (κ2) is 6.26. The van der Waals surface area contributed by atoms with Gasteiger partial charge < -0.3 is 0 Å². The average molecular weight is 324 g/mol. The molecular formula is C12H11N3O3Se. The van der Waals surface area contributed by atoms with Crippen molar-refractivity contribution in [1.29, 1.82) is 0 Å². The third-order valence-electron chi connectivity index (χ3n) is 2.22. The van der Waals surface area contributed by atoms with Crippen LogP contribution in [0.4, 0.5) is 4.56 Å². The number of anilines is 1. The molecule has 98 valence electrons. The van der Waals surface area contributed by atoms with Crippen LogP contribution in [0.15, 0.2) is 30.3 Å². The Hall–Kier alpha value is -1.98. The predicted molar refractivity (Wildman–Crippen MR) is 69.3 cm³/mol. The van der Waals surface area contributed by atoms with Gasteiger partial charge >= 0.3 is 115 Å². The van der Waals surface area contributed by atoms with Crippen LogP contribution in [0.1, 0.15) is 27.8 Å². The number of ether oxygens (including phenoxy) is 1. The summed E-state index contributed by atoms with van der Waals surface area (Å²) >= 11 is -0.396. The van der Waals surface area contributed by atoms with Crippen molar-refractivity contribution in [2.45, 2.75) is 6.92 Å². The molecule has 0 saturated carbocycles. The van der Waals surface area contributed by atoms with Gasteiger partial charge in [0, 0.05) is 0 Å². The van der Waals surface area contributed by atoms with Crippen molar-refractivity contribution in [3.8, 4) is 0 Å². The van der Waals surface area contributed by atoms with Crippen LogP contribution >= 0.6 is 0 Å². The van der Waals surface area contributed by atoms with Crippen molar-refractivity contribution in [3.63, 3.8) is 0 Å². The summed E-state index contributed by atoms with van der Waals surface area (Å²) in [6.07, 6.45) is 0. The molecule has 0 saturated heterocycles. The Morgan fingerprint density at radius 1 is 1.32 bits per heavy atom. The van der Waals surface area contributed by atoms with Gasteiger partial charge in [-0.1, -0.05) is 0 Å². The molecule has 0 unspecified atom stereocenters. The molecule has 7 heteroatoms. The van der Waals surface area contributed by atoms with E-state index in [1.54, 1.807) is 31.2 Å². The summed E-state index contributed by atoms with van der Waals surface area (Å²) in [6, 6.07) is 8.74. The molecule has 1 N–H and O–H groups in total. The summed E-state index contributed by atoms with van der Waals surface area (Å²) in [5.41, 5.74) is 0.604. The van der Waals surface area contributed by atoms with E-state index in [1.807, 2.05) is 6.07 Å². The van der Waals surface area contributed by atoms with E-state index in [9.17, 15) is 9.59 Å². The maximum atomic E-state index is 12.0. The van der Waals surface area contributed by atoms with E-state index in [0.717, 1.165) is 0 Å². The Morgan fingerprint density at radius 2 is 2.05 bits per heavy atom. The Morgan fingerprint density at radius 3 is 2.74 bits per heavy atom. The number of nitrogens with one attached hydrogen (secondary N) is 1. The van der Waals surface area contributed by atoms with Crippen LogP contribution in [0, 0.1) is 0 Å². The second-order valence-corrected chi connectivity index (χ2v) is 5.07. The first-order valence-electron chi connectivity index (χ1n) is 5.58. The first-order valence-corrected chi connectivity index (χ1v) is 7.20. The number of esters is 1. The summed E-state index contributed by atoms with van der Waals surface area (Å²) in [4.78, 5) is 23.6. The van der Waals surface area contributed by atoms with Crippen LogP contribution in [0.25, 0.3) is 0 Å². The molecule has 0 radical (unpaired) electrons.